The first-order chi connectivity index (χ1) is 9.61. The number of aliphatic carboxylic acids is 1. The number of carboxylic acid groups (broad SMARTS) is 1. The second-order valence-corrected chi connectivity index (χ2v) is 5.25. The molecule has 0 bridgehead atoms. The quantitative estimate of drug-likeness (QED) is 0.933. The molecule has 0 spiro atoms. The van der Waals surface area contributed by atoms with Crippen molar-refractivity contribution in [3.63, 3.8) is 0 Å². The molecule has 2 aromatic rings. The maximum atomic E-state index is 10.9. The standard InChI is InChI=1S/C14H10BrNO4/c15-9-2-4-13(16-7-9)19-10-3-1-8-5-12(14(17)18)20-11(8)6-10/h1-4,6-7,12H,5H2,(H,17,18). The van der Waals surface area contributed by atoms with Crippen LogP contribution in [0.3, 0.4) is 0 Å². The fraction of sp³-hybridized carbons (Fsp3) is 0.143. The Morgan fingerprint density at radius 1 is 1.40 bits per heavy atom. The van der Waals surface area contributed by atoms with Gasteiger partial charge in [0.1, 0.15) is 11.5 Å². The highest BCUT2D eigenvalue weighted by Crippen LogP contribution is 2.33. The Hall–Kier alpha value is -2.08. The Balaban J connectivity index is 1.79. The van der Waals surface area contributed by atoms with Crippen LogP contribution in [0.25, 0.3) is 0 Å². The molecule has 6 heteroatoms. The third-order valence-electron chi connectivity index (χ3n) is 2.91. The molecule has 2 heterocycles. The number of benzene rings is 1. The van der Waals surface area contributed by atoms with Gasteiger partial charge in [-0.1, -0.05) is 6.07 Å². The van der Waals surface area contributed by atoms with Crippen LogP contribution in [-0.2, 0) is 11.2 Å². The number of carboxylic acids is 1. The van der Waals surface area contributed by atoms with E-state index in [4.69, 9.17) is 14.6 Å². The number of rotatable bonds is 3. The number of nitrogens with zero attached hydrogens (tertiary/aromatic N) is 1. The second kappa shape index (κ2) is 5.13. The summed E-state index contributed by atoms with van der Waals surface area (Å²) in [6, 6.07) is 8.83. The minimum Gasteiger partial charge on any atom is -0.478 e. The van der Waals surface area contributed by atoms with Crippen molar-refractivity contribution in [2.45, 2.75) is 12.5 Å². The smallest absolute Gasteiger partial charge is 0.345 e. The van der Waals surface area contributed by atoms with Crippen LogP contribution < -0.4 is 9.47 Å². The van der Waals surface area contributed by atoms with Crippen molar-refractivity contribution >= 4 is 21.9 Å². The van der Waals surface area contributed by atoms with E-state index in [-0.39, 0.29) is 0 Å². The Labute approximate surface area is 123 Å². The van der Waals surface area contributed by atoms with Gasteiger partial charge in [-0.15, -0.1) is 0 Å². The molecule has 1 aromatic carbocycles. The number of halogens is 1. The summed E-state index contributed by atoms with van der Waals surface area (Å²) in [7, 11) is 0. The molecular weight excluding hydrogens is 326 g/mol. The molecule has 5 nitrogen and oxygen atoms in total. The predicted molar refractivity (Wildman–Crippen MR) is 74.2 cm³/mol. The highest BCUT2D eigenvalue weighted by atomic mass is 79.9. The minimum absolute atomic E-state index is 0.376. The van der Waals surface area contributed by atoms with E-state index in [1.54, 1.807) is 24.4 Å². The van der Waals surface area contributed by atoms with Crippen molar-refractivity contribution in [1.29, 1.82) is 0 Å². The molecular formula is C14H10BrNO4. The van der Waals surface area contributed by atoms with Crippen LogP contribution in [-0.4, -0.2) is 22.2 Å². The molecule has 0 amide bonds. The highest BCUT2D eigenvalue weighted by molar-refractivity contribution is 9.10. The average molecular weight is 336 g/mol. The fourth-order valence-electron chi connectivity index (χ4n) is 1.95. The summed E-state index contributed by atoms with van der Waals surface area (Å²) < 4.78 is 11.8. The molecule has 1 aromatic heterocycles. The first-order valence-corrected chi connectivity index (χ1v) is 6.73. The van der Waals surface area contributed by atoms with Crippen LogP contribution in [0.15, 0.2) is 41.0 Å². The van der Waals surface area contributed by atoms with Crippen LogP contribution in [0.5, 0.6) is 17.4 Å². The SMILES string of the molecule is O=C(O)C1Cc2ccc(Oc3ccc(Br)cn3)cc2O1. The van der Waals surface area contributed by atoms with E-state index in [1.807, 2.05) is 12.1 Å². The second-order valence-electron chi connectivity index (χ2n) is 4.34. The number of aromatic nitrogens is 1. The first kappa shape index (κ1) is 12.9. The summed E-state index contributed by atoms with van der Waals surface area (Å²) in [5.41, 5.74) is 0.869. The number of hydrogen-bond acceptors (Lipinski definition) is 4. The van der Waals surface area contributed by atoms with E-state index in [1.165, 1.54) is 0 Å². The van der Waals surface area contributed by atoms with Crippen molar-refractivity contribution in [2.75, 3.05) is 0 Å². The van der Waals surface area contributed by atoms with Crippen LogP contribution in [0.4, 0.5) is 0 Å². The molecule has 0 saturated heterocycles. The van der Waals surface area contributed by atoms with Gasteiger partial charge >= 0.3 is 5.97 Å². The summed E-state index contributed by atoms with van der Waals surface area (Å²) in [5, 5.41) is 8.95. The third kappa shape index (κ3) is 2.60. The largest absolute Gasteiger partial charge is 0.478 e. The number of pyridine rings is 1. The van der Waals surface area contributed by atoms with Crippen LogP contribution >= 0.6 is 15.9 Å². The fourth-order valence-corrected chi connectivity index (χ4v) is 2.19. The lowest BCUT2D eigenvalue weighted by Crippen LogP contribution is -2.24. The van der Waals surface area contributed by atoms with Gasteiger partial charge in [-0.25, -0.2) is 9.78 Å². The lowest BCUT2D eigenvalue weighted by molar-refractivity contribution is -0.144. The van der Waals surface area contributed by atoms with E-state index in [2.05, 4.69) is 20.9 Å². The van der Waals surface area contributed by atoms with Crippen LogP contribution in [0.2, 0.25) is 0 Å². The highest BCUT2D eigenvalue weighted by Gasteiger charge is 2.29. The van der Waals surface area contributed by atoms with Crippen LogP contribution in [0, 0.1) is 0 Å². The lowest BCUT2D eigenvalue weighted by Gasteiger charge is -2.07. The summed E-state index contributed by atoms with van der Waals surface area (Å²) in [6.07, 6.45) is 1.20. The zero-order chi connectivity index (χ0) is 14.1. The number of fused-ring (bicyclic) bond motifs is 1. The molecule has 20 heavy (non-hydrogen) atoms. The Morgan fingerprint density at radius 3 is 2.95 bits per heavy atom. The summed E-state index contributed by atoms with van der Waals surface area (Å²) in [5.74, 6) is 0.607. The number of hydrogen-bond donors (Lipinski definition) is 1. The Morgan fingerprint density at radius 2 is 2.25 bits per heavy atom. The van der Waals surface area contributed by atoms with Crippen molar-refractivity contribution in [2.24, 2.45) is 0 Å². The van der Waals surface area contributed by atoms with Crippen molar-refractivity contribution in [1.82, 2.24) is 4.98 Å². The van der Waals surface area contributed by atoms with Gasteiger partial charge in [0.25, 0.3) is 0 Å². The lowest BCUT2D eigenvalue weighted by atomic mass is 10.1. The van der Waals surface area contributed by atoms with Gasteiger partial charge in [0.2, 0.25) is 5.88 Å². The van der Waals surface area contributed by atoms with E-state index in [9.17, 15) is 4.79 Å². The molecule has 1 unspecified atom stereocenters. The Kier molecular flexibility index (Phi) is 3.31. The van der Waals surface area contributed by atoms with Crippen molar-refractivity contribution < 1.29 is 19.4 Å². The van der Waals surface area contributed by atoms with E-state index in [0.717, 1.165) is 10.0 Å². The van der Waals surface area contributed by atoms with Gasteiger partial charge in [-0.2, -0.15) is 0 Å². The zero-order valence-electron chi connectivity index (χ0n) is 10.2. The first-order valence-electron chi connectivity index (χ1n) is 5.93. The van der Waals surface area contributed by atoms with Gasteiger partial charge < -0.3 is 14.6 Å². The van der Waals surface area contributed by atoms with E-state index < -0.39 is 12.1 Å². The Bertz CT molecular complexity index is 657. The topological polar surface area (TPSA) is 68.7 Å². The molecule has 0 radical (unpaired) electrons. The monoisotopic (exact) mass is 335 g/mol. The van der Waals surface area contributed by atoms with Gasteiger partial charge in [0.15, 0.2) is 6.10 Å². The molecule has 0 fully saturated rings. The maximum absolute atomic E-state index is 10.9. The van der Waals surface area contributed by atoms with Crippen LogP contribution in [0.1, 0.15) is 5.56 Å². The summed E-state index contributed by atoms with van der Waals surface area (Å²) >= 11 is 3.30. The molecule has 1 atom stereocenters. The average Bonchev–Trinajstić information content (AvgIpc) is 2.85. The molecule has 3 rings (SSSR count). The number of carbonyl (C=O) groups is 1. The minimum atomic E-state index is -0.960. The molecule has 1 aliphatic rings. The number of ether oxygens (including phenoxy) is 2. The van der Waals surface area contributed by atoms with Gasteiger partial charge in [0, 0.05) is 29.2 Å². The summed E-state index contributed by atoms with van der Waals surface area (Å²) in [6.45, 7) is 0. The van der Waals surface area contributed by atoms with Crippen molar-refractivity contribution in [3.8, 4) is 17.4 Å². The van der Waals surface area contributed by atoms with E-state index >= 15 is 0 Å². The molecule has 102 valence electrons. The molecule has 0 saturated carbocycles. The molecule has 1 N–H and O–H groups in total. The maximum Gasteiger partial charge on any atom is 0.345 e. The van der Waals surface area contributed by atoms with Gasteiger partial charge in [-0.3, -0.25) is 0 Å². The van der Waals surface area contributed by atoms with Gasteiger partial charge in [-0.05, 0) is 33.6 Å². The normalized spacial score (nSPS) is 16.4. The third-order valence-corrected chi connectivity index (χ3v) is 3.38. The van der Waals surface area contributed by atoms with Crippen molar-refractivity contribution in [3.05, 3.63) is 46.6 Å². The molecule has 1 aliphatic heterocycles. The van der Waals surface area contributed by atoms with Gasteiger partial charge in [0.05, 0.1) is 0 Å². The predicted octanol–water partition coefficient (Wildman–Crippen LogP) is 3.02. The van der Waals surface area contributed by atoms with E-state index in [0.29, 0.717) is 23.8 Å². The molecule has 0 aliphatic carbocycles. The zero-order valence-corrected chi connectivity index (χ0v) is 11.8. The summed E-state index contributed by atoms with van der Waals surface area (Å²) in [4.78, 5) is 15.0.